The lowest BCUT2D eigenvalue weighted by Gasteiger charge is -1.97. The molecule has 0 aliphatic heterocycles. The lowest BCUT2D eigenvalue weighted by molar-refractivity contribution is -0.385. The first-order valence-corrected chi connectivity index (χ1v) is 3.51. The van der Waals surface area contributed by atoms with Gasteiger partial charge in [0, 0.05) is 11.6 Å². The number of benzene rings is 1. The molecule has 0 aliphatic carbocycles. The quantitative estimate of drug-likeness (QED) is 0.504. The summed E-state index contributed by atoms with van der Waals surface area (Å²) in [7, 11) is 0. The Morgan fingerprint density at radius 3 is 2.75 bits per heavy atom. The fourth-order valence-electron chi connectivity index (χ4n) is 0.989. The minimum absolute atomic E-state index is 0.124. The molecule has 0 aliphatic rings. The molecule has 0 atom stereocenters. The summed E-state index contributed by atoms with van der Waals surface area (Å²) in [5, 5.41) is 10.4. The summed E-state index contributed by atoms with van der Waals surface area (Å²) in [5.74, 6) is 0. The van der Waals surface area contributed by atoms with E-state index in [1.165, 1.54) is 12.1 Å². The van der Waals surface area contributed by atoms with E-state index in [4.69, 9.17) is 6.58 Å². The first-order valence-electron chi connectivity index (χ1n) is 3.51. The zero-order valence-corrected chi connectivity index (χ0v) is 6.43. The van der Waals surface area contributed by atoms with Gasteiger partial charge in [-0.2, -0.15) is 0 Å². The smallest absolute Gasteiger partial charge is 0.258 e. The molecule has 1 aromatic carbocycles. The average Bonchev–Trinajstić information content (AvgIpc) is 2.05. The van der Waals surface area contributed by atoms with E-state index >= 15 is 0 Å². The van der Waals surface area contributed by atoms with E-state index in [0.29, 0.717) is 12.0 Å². The van der Waals surface area contributed by atoms with Crippen LogP contribution in [0, 0.1) is 16.7 Å². The summed E-state index contributed by atoms with van der Waals surface area (Å²) in [5.41, 5.74) is 0.768. The van der Waals surface area contributed by atoms with E-state index in [1.807, 2.05) is 0 Å². The van der Waals surface area contributed by atoms with Crippen LogP contribution < -0.4 is 0 Å². The molecule has 1 radical (unpaired) electrons. The van der Waals surface area contributed by atoms with E-state index in [-0.39, 0.29) is 5.69 Å². The van der Waals surface area contributed by atoms with Gasteiger partial charge in [0.05, 0.1) is 4.92 Å². The van der Waals surface area contributed by atoms with Gasteiger partial charge in [-0.1, -0.05) is 30.9 Å². The Labute approximate surface area is 70.5 Å². The van der Waals surface area contributed by atoms with Gasteiger partial charge in [0.15, 0.2) is 0 Å². The molecule has 1 rings (SSSR count). The monoisotopic (exact) mass is 162 g/mol. The Morgan fingerprint density at radius 1 is 1.50 bits per heavy atom. The predicted octanol–water partition coefficient (Wildman–Crippen LogP) is 2.13. The molecule has 12 heavy (non-hydrogen) atoms. The van der Waals surface area contributed by atoms with Crippen LogP contribution in [0.5, 0.6) is 0 Å². The van der Waals surface area contributed by atoms with Gasteiger partial charge in [-0.25, -0.2) is 0 Å². The predicted molar refractivity (Wildman–Crippen MR) is 45.7 cm³/mol. The van der Waals surface area contributed by atoms with Crippen molar-refractivity contribution >= 4 is 5.69 Å². The van der Waals surface area contributed by atoms with Crippen LogP contribution in [0.3, 0.4) is 0 Å². The van der Waals surface area contributed by atoms with Gasteiger partial charge in [-0.05, 0) is 6.42 Å². The molecular formula is C9H8NO2. The number of hydrogen-bond acceptors (Lipinski definition) is 2. The molecular weight excluding hydrogens is 154 g/mol. The molecule has 61 valence electrons. The normalized spacial score (nSPS) is 9.33. The standard InChI is InChI=1S/C9H8NO2/c1-2-5-8-6-3-4-7-9(8)10(11)12/h1-4,6-7H,5H2. The maximum Gasteiger partial charge on any atom is 0.272 e. The Kier molecular flexibility index (Phi) is 2.58. The largest absolute Gasteiger partial charge is 0.272 e. The van der Waals surface area contributed by atoms with Crippen LogP contribution in [0.15, 0.2) is 30.3 Å². The topological polar surface area (TPSA) is 43.1 Å². The first-order chi connectivity index (χ1) is 5.75. The SMILES string of the molecule is [CH]=CCc1ccccc1[N+](=O)[O-]. The van der Waals surface area contributed by atoms with E-state index in [0.717, 1.165) is 0 Å². The van der Waals surface area contributed by atoms with Gasteiger partial charge in [0.25, 0.3) is 5.69 Å². The number of allylic oxidation sites excluding steroid dienone is 1. The molecule has 0 unspecified atom stereocenters. The Bertz CT molecular complexity index is 307. The molecule has 0 heterocycles. The van der Waals surface area contributed by atoms with Crippen molar-refractivity contribution in [3.05, 3.63) is 52.6 Å². The maximum absolute atomic E-state index is 10.4. The third-order valence-electron chi connectivity index (χ3n) is 1.53. The average molecular weight is 162 g/mol. The second-order valence-corrected chi connectivity index (χ2v) is 2.33. The summed E-state index contributed by atoms with van der Waals surface area (Å²) >= 11 is 0. The summed E-state index contributed by atoms with van der Waals surface area (Å²) < 4.78 is 0. The second-order valence-electron chi connectivity index (χ2n) is 2.33. The highest BCUT2D eigenvalue weighted by atomic mass is 16.6. The summed E-state index contributed by atoms with van der Waals surface area (Å²) in [6.07, 6.45) is 1.83. The fourth-order valence-corrected chi connectivity index (χ4v) is 0.989. The lowest BCUT2D eigenvalue weighted by Crippen LogP contribution is -1.93. The van der Waals surface area contributed by atoms with Crippen molar-refractivity contribution in [2.45, 2.75) is 6.42 Å². The number of nitro groups is 1. The van der Waals surface area contributed by atoms with Crippen molar-refractivity contribution in [2.75, 3.05) is 0 Å². The summed E-state index contributed by atoms with van der Waals surface area (Å²) in [4.78, 5) is 10.0. The summed E-state index contributed by atoms with van der Waals surface area (Å²) in [6.45, 7) is 5.18. The van der Waals surface area contributed by atoms with Crippen molar-refractivity contribution in [3.63, 3.8) is 0 Å². The summed E-state index contributed by atoms with van der Waals surface area (Å²) in [6, 6.07) is 6.56. The van der Waals surface area contributed by atoms with Crippen molar-refractivity contribution < 1.29 is 4.92 Å². The molecule has 0 fully saturated rings. The third kappa shape index (κ3) is 1.69. The van der Waals surface area contributed by atoms with E-state index in [2.05, 4.69) is 0 Å². The fraction of sp³-hybridized carbons (Fsp3) is 0.111. The zero-order chi connectivity index (χ0) is 8.97. The van der Waals surface area contributed by atoms with Gasteiger partial charge in [-0.3, -0.25) is 10.1 Å². The molecule has 0 spiro atoms. The van der Waals surface area contributed by atoms with Gasteiger partial charge in [0.2, 0.25) is 0 Å². The molecule has 0 amide bonds. The minimum atomic E-state index is -0.404. The molecule has 0 bridgehead atoms. The Morgan fingerprint density at radius 2 is 2.17 bits per heavy atom. The minimum Gasteiger partial charge on any atom is -0.258 e. The number of hydrogen-bond donors (Lipinski definition) is 0. The molecule has 3 nitrogen and oxygen atoms in total. The van der Waals surface area contributed by atoms with Crippen molar-refractivity contribution in [1.82, 2.24) is 0 Å². The van der Waals surface area contributed by atoms with Crippen LogP contribution in [-0.4, -0.2) is 4.92 Å². The third-order valence-corrected chi connectivity index (χ3v) is 1.53. The van der Waals surface area contributed by atoms with Gasteiger partial charge >= 0.3 is 0 Å². The van der Waals surface area contributed by atoms with Crippen LogP contribution in [0.4, 0.5) is 5.69 Å². The van der Waals surface area contributed by atoms with E-state index in [9.17, 15) is 10.1 Å². The van der Waals surface area contributed by atoms with Crippen LogP contribution >= 0.6 is 0 Å². The van der Waals surface area contributed by atoms with Crippen LogP contribution in [0.1, 0.15) is 5.56 Å². The maximum atomic E-state index is 10.4. The number of rotatable bonds is 3. The number of para-hydroxylation sites is 1. The zero-order valence-electron chi connectivity index (χ0n) is 6.43. The van der Waals surface area contributed by atoms with Gasteiger partial charge in [0.1, 0.15) is 0 Å². The first kappa shape index (κ1) is 8.46. The van der Waals surface area contributed by atoms with Crippen molar-refractivity contribution in [1.29, 1.82) is 0 Å². The molecule has 1 aromatic rings. The van der Waals surface area contributed by atoms with Crippen molar-refractivity contribution in [3.8, 4) is 0 Å². The van der Waals surface area contributed by atoms with E-state index in [1.54, 1.807) is 18.2 Å². The molecule has 0 saturated heterocycles. The van der Waals surface area contributed by atoms with E-state index < -0.39 is 4.92 Å². The van der Waals surface area contributed by atoms with Gasteiger partial charge < -0.3 is 0 Å². The second kappa shape index (κ2) is 3.67. The lowest BCUT2D eigenvalue weighted by atomic mass is 10.1. The number of nitro benzene ring substituents is 1. The van der Waals surface area contributed by atoms with Gasteiger partial charge in [-0.15, -0.1) is 0 Å². The Hall–Kier alpha value is -1.64. The Balaban J connectivity index is 3.07. The molecule has 0 N–H and O–H groups in total. The molecule has 0 aromatic heterocycles. The highest BCUT2D eigenvalue weighted by Gasteiger charge is 2.09. The highest BCUT2D eigenvalue weighted by Crippen LogP contribution is 2.17. The highest BCUT2D eigenvalue weighted by molar-refractivity contribution is 5.40. The molecule has 3 heteroatoms. The number of nitrogens with zero attached hydrogens (tertiary/aromatic N) is 1. The molecule has 0 saturated carbocycles. The van der Waals surface area contributed by atoms with Crippen LogP contribution in [0.25, 0.3) is 0 Å². The van der Waals surface area contributed by atoms with Crippen LogP contribution in [-0.2, 0) is 6.42 Å². The van der Waals surface area contributed by atoms with Crippen molar-refractivity contribution in [2.24, 2.45) is 0 Å². The van der Waals surface area contributed by atoms with Crippen LogP contribution in [0.2, 0.25) is 0 Å².